The Bertz CT molecular complexity index is 963. The molecule has 7 heteroatoms. The molecule has 3 aromatic rings. The molecular weight excluding hydrogens is 398 g/mol. The first-order valence-corrected chi connectivity index (χ1v) is 9.34. The number of anilines is 1. The van der Waals surface area contributed by atoms with Crippen molar-refractivity contribution in [1.82, 2.24) is 0 Å². The van der Waals surface area contributed by atoms with Crippen molar-refractivity contribution in [3.63, 3.8) is 0 Å². The Morgan fingerprint density at radius 2 is 1.57 bits per heavy atom. The van der Waals surface area contributed by atoms with Crippen LogP contribution < -0.4 is 9.64 Å². The maximum Gasteiger partial charge on any atom is 0.416 e. The van der Waals surface area contributed by atoms with Crippen molar-refractivity contribution in [1.29, 1.82) is 0 Å². The lowest BCUT2D eigenvalue weighted by molar-refractivity contribution is -0.200. The molecule has 0 amide bonds. The van der Waals surface area contributed by atoms with Crippen molar-refractivity contribution >= 4 is 5.69 Å². The molecule has 0 aromatic heterocycles. The molecule has 2 unspecified atom stereocenters. The van der Waals surface area contributed by atoms with Crippen LogP contribution in [-0.2, 0) is 0 Å². The Kier molecular flexibility index (Phi) is 6.62. The summed E-state index contributed by atoms with van der Waals surface area (Å²) in [5.74, 6) is 0.517. The molecule has 0 bridgehead atoms. The van der Waals surface area contributed by atoms with Gasteiger partial charge in [0.25, 0.3) is 0 Å². The summed E-state index contributed by atoms with van der Waals surface area (Å²) >= 11 is 0. The summed E-state index contributed by atoms with van der Waals surface area (Å²) in [6.07, 6.45) is -7.34. The van der Waals surface area contributed by atoms with Gasteiger partial charge >= 0.3 is 6.18 Å². The fourth-order valence-electron chi connectivity index (χ4n) is 3.07. The minimum atomic E-state index is -4.78. The van der Waals surface area contributed by atoms with E-state index in [1.807, 2.05) is 6.07 Å². The second-order valence-corrected chi connectivity index (χ2v) is 6.85. The number of alkyl halides is 3. The first-order chi connectivity index (χ1) is 14.2. The van der Waals surface area contributed by atoms with Gasteiger partial charge in [-0.05, 0) is 48.9 Å². The van der Waals surface area contributed by atoms with E-state index < -0.39 is 30.7 Å². The normalized spacial score (nSPS) is 13.5. The number of hydrogen-bond acceptors (Lipinski definition) is 3. The van der Waals surface area contributed by atoms with Gasteiger partial charge in [0.2, 0.25) is 0 Å². The van der Waals surface area contributed by atoms with E-state index in [1.165, 1.54) is 23.1 Å². The summed E-state index contributed by atoms with van der Waals surface area (Å²) < 4.78 is 58.6. The van der Waals surface area contributed by atoms with Crippen LogP contribution >= 0.6 is 0 Å². The van der Waals surface area contributed by atoms with E-state index in [9.17, 15) is 22.7 Å². The summed E-state index contributed by atoms with van der Waals surface area (Å²) in [7, 11) is 0. The monoisotopic (exact) mass is 419 g/mol. The van der Waals surface area contributed by atoms with Crippen molar-refractivity contribution in [2.24, 2.45) is 0 Å². The number of ether oxygens (including phenoxy) is 1. The van der Waals surface area contributed by atoms with Gasteiger partial charge in [0.1, 0.15) is 17.3 Å². The third-order valence-corrected chi connectivity index (χ3v) is 4.67. The molecule has 0 heterocycles. The molecule has 0 aliphatic carbocycles. The average Bonchev–Trinajstić information content (AvgIpc) is 2.71. The average molecular weight is 419 g/mol. The van der Waals surface area contributed by atoms with Crippen LogP contribution in [0.2, 0.25) is 0 Å². The Hall–Kier alpha value is -3.06. The summed E-state index contributed by atoms with van der Waals surface area (Å²) in [6, 6.07) is 20.5. The minimum absolute atomic E-state index is 0.406. The van der Waals surface area contributed by atoms with Gasteiger partial charge < -0.3 is 14.7 Å². The second-order valence-electron chi connectivity index (χ2n) is 6.85. The van der Waals surface area contributed by atoms with E-state index >= 15 is 0 Å². The Balaban J connectivity index is 1.94. The van der Waals surface area contributed by atoms with Gasteiger partial charge in [0, 0.05) is 11.8 Å². The van der Waals surface area contributed by atoms with Crippen molar-refractivity contribution in [3.05, 3.63) is 90.2 Å². The number of para-hydroxylation sites is 1. The number of benzene rings is 3. The molecule has 0 aliphatic rings. The number of nitrogens with zero attached hydrogens (tertiary/aromatic N) is 1. The van der Waals surface area contributed by atoms with Crippen LogP contribution in [0.15, 0.2) is 78.9 Å². The van der Waals surface area contributed by atoms with Gasteiger partial charge in [0.05, 0.1) is 12.6 Å². The Morgan fingerprint density at radius 3 is 2.23 bits per heavy atom. The molecule has 0 spiro atoms. The van der Waals surface area contributed by atoms with Crippen LogP contribution in [0.5, 0.6) is 11.5 Å². The van der Waals surface area contributed by atoms with Crippen LogP contribution in [0.4, 0.5) is 23.2 Å². The number of aliphatic hydroxyl groups is 1. The van der Waals surface area contributed by atoms with Gasteiger partial charge in [-0.2, -0.15) is 13.2 Å². The SMILES string of the molecule is CC(c1cccc(F)c1)N(CC(O)C(F)(F)F)c1cccc(Oc2ccccc2)c1. The van der Waals surface area contributed by atoms with Crippen LogP contribution in [0.1, 0.15) is 18.5 Å². The Labute approximate surface area is 172 Å². The molecule has 0 saturated carbocycles. The lowest BCUT2D eigenvalue weighted by atomic mass is 10.0. The molecule has 3 aromatic carbocycles. The van der Waals surface area contributed by atoms with Gasteiger partial charge in [-0.15, -0.1) is 0 Å². The number of halogens is 4. The highest BCUT2D eigenvalue weighted by Gasteiger charge is 2.40. The molecule has 2 atom stereocenters. The summed E-state index contributed by atoms with van der Waals surface area (Å²) in [5.41, 5.74) is 0.891. The molecule has 0 fully saturated rings. The maximum absolute atomic E-state index is 13.7. The second kappa shape index (κ2) is 9.17. The molecule has 3 rings (SSSR count). The van der Waals surface area contributed by atoms with Crippen LogP contribution in [0.3, 0.4) is 0 Å². The van der Waals surface area contributed by atoms with Gasteiger partial charge in [-0.3, -0.25) is 0 Å². The molecule has 0 aliphatic heterocycles. The third kappa shape index (κ3) is 5.51. The molecule has 1 N–H and O–H groups in total. The molecule has 158 valence electrons. The van der Waals surface area contributed by atoms with Crippen LogP contribution in [-0.4, -0.2) is 23.9 Å². The zero-order chi connectivity index (χ0) is 21.7. The highest BCUT2D eigenvalue weighted by Crippen LogP contribution is 2.33. The summed E-state index contributed by atoms with van der Waals surface area (Å²) in [6.45, 7) is 0.943. The summed E-state index contributed by atoms with van der Waals surface area (Å²) in [5, 5.41) is 9.70. The molecular formula is C23H21F4NO2. The smallest absolute Gasteiger partial charge is 0.416 e. The predicted molar refractivity (Wildman–Crippen MR) is 107 cm³/mol. The lowest BCUT2D eigenvalue weighted by Gasteiger charge is -2.34. The number of aliphatic hydroxyl groups excluding tert-OH is 1. The molecule has 0 saturated heterocycles. The van der Waals surface area contributed by atoms with E-state index in [0.29, 0.717) is 22.7 Å². The highest BCUT2D eigenvalue weighted by molar-refractivity contribution is 5.53. The first kappa shape index (κ1) is 21.6. The maximum atomic E-state index is 13.7. The molecule has 3 nitrogen and oxygen atoms in total. The van der Waals surface area contributed by atoms with Crippen molar-refractivity contribution in [3.8, 4) is 11.5 Å². The minimum Gasteiger partial charge on any atom is -0.457 e. The molecule has 0 radical (unpaired) electrons. The quantitative estimate of drug-likeness (QED) is 0.469. The van der Waals surface area contributed by atoms with Crippen LogP contribution in [0, 0.1) is 5.82 Å². The van der Waals surface area contributed by atoms with Gasteiger partial charge in [-0.25, -0.2) is 4.39 Å². The standard InChI is InChI=1S/C23H21F4NO2/c1-16(17-7-5-8-18(24)13-17)28(15-22(29)23(25,26)27)19-9-6-12-21(14-19)30-20-10-3-2-4-11-20/h2-14,16,22,29H,15H2,1H3. The first-order valence-electron chi connectivity index (χ1n) is 9.34. The van der Waals surface area contributed by atoms with E-state index in [1.54, 1.807) is 61.5 Å². The number of rotatable bonds is 7. The number of hydrogen-bond donors (Lipinski definition) is 1. The fourth-order valence-corrected chi connectivity index (χ4v) is 3.07. The van der Waals surface area contributed by atoms with Crippen LogP contribution in [0.25, 0.3) is 0 Å². The van der Waals surface area contributed by atoms with E-state index in [0.717, 1.165) is 0 Å². The Morgan fingerprint density at radius 1 is 0.900 bits per heavy atom. The topological polar surface area (TPSA) is 32.7 Å². The van der Waals surface area contributed by atoms with Gasteiger partial charge in [-0.1, -0.05) is 36.4 Å². The largest absolute Gasteiger partial charge is 0.457 e. The zero-order valence-corrected chi connectivity index (χ0v) is 16.2. The fraction of sp³-hybridized carbons (Fsp3) is 0.217. The highest BCUT2D eigenvalue weighted by atomic mass is 19.4. The van der Waals surface area contributed by atoms with E-state index in [4.69, 9.17) is 4.74 Å². The van der Waals surface area contributed by atoms with Crippen molar-refractivity contribution < 1.29 is 27.4 Å². The lowest BCUT2D eigenvalue weighted by Crippen LogP contribution is -2.42. The van der Waals surface area contributed by atoms with Crippen molar-refractivity contribution in [2.45, 2.75) is 25.2 Å². The predicted octanol–water partition coefficient (Wildman–Crippen LogP) is 6.11. The van der Waals surface area contributed by atoms with Crippen molar-refractivity contribution in [2.75, 3.05) is 11.4 Å². The van der Waals surface area contributed by atoms with E-state index in [-0.39, 0.29) is 0 Å². The molecule has 30 heavy (non-hydrogen) atoms. The zero-order valence-electron chi connectivity index (χ0n) is 16.2. The third-order valence-electron chi connectivity index (χ3n) is 4.67. The summed E-state index contributed by atoms with van der Waals surface area (Å²) in [4.78, 5) is 1.38. The van der Waals surface area contributed by atoms with Gasteiger partial charge in [0.15, 0.2) is 6.10 Å². The van der Waals surface area contributed by atoms with E-state index in [2.05, 4.69) is 0 Å².